The minimum absolute atomic E-state index is 0.0903. The van der Waals surface area contributed by atoms with Crippen LogP contribution >= 0.6 is 12.6 Å². The Labute approximate surface area is 65.4 Å². The van der Waals surface area contributed by atoms with Gasteiger partial charge in [0, 0.05) is 6.04 Å². The van der Waals surface area contributed by atoms with E-state index in [4.69, 9.17) is 5.11 Å². The number of rotatable bonds is 0. The fraction of sp³-hybridized carbons (Fsp3) is 0.833. The molecule has 1 aliphatic heterocycles. The van der Waals surface area contributed by atoms with Gasteiger partial charge in [0.2, 0.25) is 0 Å². The summed E-state index contributed by atoms with van der Waals surface area (Å²) in [5.41, 5.74) is 0. The van der Waals surface area contributed by atoms with Gasteiger partial charge in [0.25, 0.3) is 0 Å². The van der Waals surface area contributed by atoms with Crippen molar-refractivity contribution in [2.24, 2.45) is 0 Å². The van der Waals surface area contributed by atoms with Gasteiger partial charge in [-0.05, 0) is 19.8 Å². The number of hydrogen-bond acceptors (Lipinski definition) is 2. The molecule has 1 rings (SSSR count). The molecule has 1 saturated heterocycles. The minimum Gasteiger partial charge on any atom is -0.465 e. The number of carbonyl (C=O) groups is 1. The van der Waals surface area contributed by atoms with Crippen LogP contribution < -0.4 is 0 Å². The first-order valence-corrected chi connectivity index (χ1v) is 3.84. The quantitative estimate of drug-likeness (QED) is 0.527. The topological polar surface area (TPSA) is 40.5 Å². The first-order valence-electron chi connectivity index (χ1n) is 3.32. The van der Waals surface area contributed by atoms with Crippen LogP contribution in [0.25, 0.3) is 0 Å². The van der Waals surface area contributed by atoms with Crippen molar-refractivity contribution in [1.82, 2.24) is 4.90 Å². The predicted octanol–water partition coefficient (Wildman–Crippen LogP) is 1.40. The molecule has 0 aromatic carbocycles. The van der Waals surface area contributed by atoms with Gasteiger partial charge in [-0.2, -0.15) is 12.6 Å². The molecule has 1 heterocycles. The summed E-state index contributed by atoms with van der Waals surface area (Å²) < 4.78 is 0. The van der Waals surface area contributed by atoms with E-state index >= 15 is 0 Å². The van der Waals surface area contributed by atoms with Gasteiger partial charge >= 0.3 is 6.09 Å². The summed E-state index contributed by atoms with van der Waals surface area (Å²) in [6, 6.07) is 0.139. The lowest BCUT2D eigenvalue weighted by atomic mass is 10.2. The predicted molar refractivity (Wildman–Crippen MR) is 41.3 cm³/mol. The highest BCUT2D eigenvalue weighted by Gasteiger charge is 2.31. The van der Waals surface area contributed by atoms with E-state index in [1.165, 1.54) is 4.90 Å². The van der Waals surface area contributed by atoms with Crippen LogP contribution in [0.5, 0.6) is 0 Å². The van der Waals surface area contributed by atoms with Crippen molar-refractivity contribution in [3.63, 3.8) is 0 Å². The van der Waals surface area contributed by atoms with Crippen LogP contribution in [0.15, 0.2) is 0 Å². The highest BCUT2D eigenvalue weighted by molar-refractivity contribution is 7.80. The Kier molecular flexibility index (Phi) is 2.08. The van der Waals surface area contributed by atoms with Crippen LogP contribution in [0, 0.1) is 0 Å². The molecule has 2 atom stereocenters. The summed E-state index contributed by atoms with van der Waals surface area (Å²) in [7, 11) is 0. The molecule has 58 valence electrons. The van der Waals surface area contributed by atoms with E-state index in [2.05, 4.69) is 12.6 Å². The summed E-state index contributed by atoms with van der Waals surface area (Å²) in [6.07, 6.45) is 0.946. The zero-order chi connectivity index (χ0) is 7.72. The second kappa shape index (κ2) is 2.70. The highest BCUT2D eigenvalue weighted by atomic mass is 32.1. The molecule has 10 heavy (non-hydrogen) atoms. The fourth-order valence-electron chi connectivity index (χ4n) is 1.28. The molecular weight excluding hydrogens is 150 g/mol. The Balaban J connectivity index is 2.63. The molecule has 0 aliphatic carbocycles. The zero-order valence-corrected chi connectivity index (χ0v) is 6.71. The maximum Gasteiger partial charge on any atom is 0.408 e. The maximum absolute atomic E-state index is 10.5. The third-order valence-electron chi connectivity index (χ3n) is 1.86. The van der Waals surface area contributed by atoms with Crippen molar-refractivity contribution in [1.29, 1.82) is 0 Å². The standard InChI is InChI=1S/C6H11NO2S/c1-4-2-3-5(10)7(4)6(8)9/h4-5,10H,2-3H2,1H3,(H,8,9). The second-order valence-corrected chi connectivity index (χ2v) is 3.19. The Morgan fingerprint density at radius 3 is 2.50 bits per heavy atom. The number of thiol groups is 1. The number of likely N-dealkylation sites (tertiary alicyclic amines) is 1. The molecular formula is C6H11NO2S. The van der Waals surface area contributed by atoms with E-state index in [-0.39, 0.29) is 11.4 Å². The maximum atomic E-state index is 10.5. The summed E-state index contributed by atoms with van der Waals surface area (Å²) in [5, 5.41) is 8.54. The lowest BCUT2D eigenvalue weighted by Gasteiger charge is -2.21. The average molecular weight is 161 g/mol. The summed E-state index contributed by atoms with van der Waals surface area (Å²) in [4.78, 5) is 11.9. The Bertz CT molecular complexity index is 141. The van der Waals surface area contributed by atoms with E-state index in [0.717, 1.165) is 12.8 Å². The van der Waals surface area contributed by atoms with Gasteiger partial charge in [-0.3, -0.25) is 4.90 Å². The number of amides is 1. The Morgan fingerprint density at radius 1 is 1.70 bits per heavy atom. The third kappa shape index (κ3) is 1.21. The molecule has 3 nitrogen and oxygen atoms in total. The van der Waals surface area contributed by atoms with Gasteiger partial charge in [-0.25, -0.2) is 4.79 Å². The lowest BCUT2D eigenvalue weighted by molar-refractivity contribution is 0.139. The fourth-order valence-corrected chi connectivity index (χ4v) is 1.75. The largest absolute Gasteiger partial charge is 0.465 e. The van der Waals surface area contributed by atoms with E-state index in [9.17, 15) is 4.79 Å². The van der Waals surface area contributed by atoms with Crippen molar-refractivity contribution in [3.8, 4) is 0 Å². The highest BCUT2D eigenvalue weighted by Crippen LogP contribution is 2.25. The van der Waals surface area contributed by atoms with Crippen LogP contribution in [-0.4, -0.2) is 27.5 Å². The number of carboxylic acid groups (broad SMARTS) is 1. The van der Waals surface area contributed by atoms with E-state index < -0.39 is 6.09 Å². The molecule has 0 radical (unpaired) electrons. The summed E-state index contributed by atoms with van der Waals surface area (Å²) >= 11 is 4.13. The minimum atomic E-state index is -0.856. The average Bonchev–Trinajstić information content (AvgIpc) is 2.11. The van der Waals surface area contributed by atoms with Gasteiger partial charge in [-0.1, -0.05) is 0 Å². The first-order chi connectivity index (χ1) is 4.63. The number of hydrogen-bond donors (Lipinski definition) is 2. The van der Waals surface area contributed by atoms with Crippen molar-refractivity contribution in [2.45, 2.75) is 31.2 Å². The Morgan fingerprint density at radius 2 is 2.30 bits per heavy atom. The molecule has 0 spiro atoms. The molecule has 1 fully saturated rings. The first kappa shape index (κ1) is 7.72. The molecule has 4 heteroatoms. The normalized spacial score (nSPS) is 32.8. The van der Waals surface area contributed by atoms with Crippen LogP contribution in [0.2, 0.25) is 0 Å². The molecule has 1 amide bonds. The summed E-state index contributed by atoms with van der Waals surface area (Å²) in [6.45, 7) is 1.91. The van der Waals surface area contributed by atoms with Gasteiger partial charge in [0.1, 0.15) is 0 Å². The van der Waals surface area contributed by atoms with Gasteiger partial charge in [0.05, 0.1) is 5.37 Å². The van der Waals surface area contributed by atoms with E-state index in [1.54, 1.807) is 0 Å². The van der Waals surface area contributed by atoms with Crippen LogP contribution in [0.3, 0.4) is 0 Å². The lowest BCUT2D eigenvalue weighted by Crippen LogP contribution is -2.36. The monoisotopic (exact) mass is 161 g/mol. The van der Waals surface area contributed by atoms with Gasteiger partial charge < -0.3 is 5.11 Å². The zero-order valence-electron chi connectivity index (χ0n) is 5.82. The van der Waals surface area contributed by atoms with Gasteiger partial charge in [0.15, 0.2) is 0 Å². The van der Waals surface area contributed by atoms with Crippen LogP contribution in [0.1, 0.15) is 19.8 Å². The van der Waals surface area contributed by atoms with Crippen LogP contribution in [-0.2, 0) is 0 Å². The molecule has 2 unspecified atom stereocenters. The number of nitrogens with zero attached hydrogens (tertiary/aromatic N) is 1. The third-order valence-corrected chi connectivity index (χ3v) is 2.37. The Hall–Kier alpha value is -0.380. The molecule has 0 aromatic heterocycles. The van der Waals surface area contributed by atoms with Gasteiger partial charge in [-0.15, -0.1) is 0 Å². The van der Waals surface area contributed by atoms with E-state index in [1.807, 2.05) is 6.92 Å². The SMILES string of the molecule is CC1CCC(S)N1C(=O)O. The van der Waals surface area contributed by atoms with Crippen LogP contribution in [0.4, 0.5) is 4.79 Å². The molecule has 1 aliphatic rings. The van der Waals surface area contributed by atoms with Crippen molar-refractivity contribution < 1.29 is 9.90 Å². The van der Waals surface area contributed by atoms with Crippen molar-refractivity contribution in [3.05, 3.63) is 0 Å². The van der Waals surface area contributed by atoms with Crippen molar-refractivity contribution in [2.75, 3.05) is 0 Å². The van der Waals surface area contributed by atoms with E-state index in [0.29, 0.717) is 0 Å². The molecule has 0 aromatic rings. The summed E-state index contributed by atoms with van der Waals surface area (Å²) in [5.74, 6) is 0. The smallest absolute Gasteiger partial charge is 0.408 e. The molecule has 0 bridgehead atoms. The molecule has 0 saturated carbocycles. The van der Waals surface area contributed by atoms with Crippen molar-refractivity contribution >= 4 is 18.7 Å². The molecule has 1 N–H and O–H groups in total. The second-order valence-electron chi connectivity index (χ2n) is 2.60.